The molecule has 0 saturated heterocycles. The molecule has 6 nitrogen and oxygen atoms in total. The summed E-state index contributed by atoms with van der Waals surface area (Å²) in [4.78, 5) is 2.00. The molecule has 3 N–H and O–H groups in total. The number of rotatable bonds is 4. The van der Waals surface area contributed by atoms with Crippen molar-refractivity contribution in [2.45, 2.75) is 13.5 Å². The van der Waals surface area contributed by atoms with E-state index in [1.807, 2.05) is 36.2 Å². The van der Waals surface area contributed by atoms with Crippen LogP contribution in [-0.2, 0) is 6.54 Å². The maximum Gasteiger partial charge on any atom is 0.171 e. The molecule has 0 fully saturated rings. The van der Waals surface area contributed by atoms with E-state index in [2.05, 4.69) is 22.5 Å². The minimum Gasteiger partial charge on any atom is -0.385 e. The number of aromatic nitrogens is 2. The van der Waals surface area contributed by atoms with Crippen LogP contribution in [0.2, 0.25) is 0 Å². The van der Waals surface area contributed by atoms with Gasteiger partial charge in [-0.05, 0) is 12.5 Å². The lowest BCUT2D eigenvalue weighted by atomic mass is 10.2. The van der Waals surface area contributed by atoms with E-state index in [-0.39, 0.29) is 11.3 Å². The number of anilines is 2. The molecule has 0 amide bonds. The van der Waals surface area contributed by atoms with Gasteiger partial charge in [-0.25, -0.2) is 0 Å². The van der Waals surface area contributed by atoms with E-state index in [1.54, 1.807) is 14.0 Å². The molecule has 0 aliphatic heterocycles. The maximum atomic E-state index is 8.01. The van der Waals surface area contributed by atoms with E-state index in [9.17, 15) is 0 Å². The SMILES string of the molecule is CNc1cc(N(C)Cc2ccccc2)nn(C(C)=N)c1=N. The van der Waals surface area contributed by atoms with Gasteiger partial charge < -0.3 is 10.2 Å². The van der Waals surface area contributed by atoms with Crippen LogP contribution in [0.3, 0.4) is 0 Å². The first-order chi connectivity index (χ1) is 10.0. The zero-order valence-electron chi connectivity index (χ0n) is 12.5. The van der Waals surface area contributed by atoms with Gasteiger partial charge in [0, 0.05) is 26.7 Å². The molecular weight excluding hydrogens is 264 g/mol. The van der Waals surface area contributed by atoms with Crippen LogP contribution in [0.4, 0.5) is 11.5 Å². The highest BCUT2D eigenvalue weighted by atomic mass is 15.4. The Morgan fingerprint density at radius 3 is 2.57 bits per heavy atom. The van der Waals surface area contributed by atoms with Crippen molar-refractivity contribution in [2.75, 3.05) is 24.3 Å². The van der Waals surface area contributed by atoms with E-state index < -0.39 is 0 Å². The highest BCUT2D eigenvalue weighted by molar-refractivity contribution is 5.78. The predicted molar refractivity (Wildman–Crippen MR) is 85.0 cm³/mol. The number of hydrogen-bond acceptors (Lipinski definition) is 5. The van der Waals surface area contributed by atoms with Crippen LogP contribution in [0.15, 0.2) is 36.4 Å². The third kappa shape index (κ3) is 3.28. The third-order valence-electron chi connectivity index (χ3n) is 3.18. The molecule has 0 bridgehead atoms. The molecule has 21 heavy (non-hydrogen) atoms. The van der Waals surface area contributed by atoms with Gasteiger partial charge in [0.15, 0.2) is 11.3 Å². The Morgan fingerprint density at radius 1 is 1.33 bits per heavy atom. The van der Waals surface area contributed by atoms with Crippen molar-refractivity contribution in [1.29, 1.82) is 10.8 Å². The van der Waals surface area contributed by atoms with Crippen LogP contribution in [-0.4, -0.2) is 29.7 Å². The van der Waals surface area contributed by atoms with Crippen LogP contribution in [0.25, 0.3) is 0 Å². The summed E-state index contributed by atoms with van der Waals surface area (Å²) in [6, 6.07) is 11.9. The average Bonchev–Trinajstić information content (AvgIpc) is 2.48. The largest absolute Gasteiger partial charge is 0.385 e. The molecule has 2 rings (SSSR count). The molecule has 0 spiro atoms. The molecule has 0 saturated carbocycles. The third-order valence-corrected chi connectivity index (χ3v) is 3.18. The Labute approximate surface area is 124 Å². The summed E-state index contributed by atoms with van der Waals surface area (Å²) >= 11 is 0. The number of nitrogens with zero attached hydrogens (tertiary/aromatic N) is 3. The van der Waals surface area contributed by atoms with Crippen molar-refractivity contribution in [3.8, 4) is 0 Å². The fraction of sp³-hybridized carbons (Fsp3) is 0.267. The highest BCUT2D eigenvalue weighted by Crippen LogP contribution is 2.14. The summed E-state index contributed by atoms with van der Waals surface area (Å²) in [7, 11) is 3.71. The molecule has 6 heteroatoms. The summed E-state index contributed by atoms with van der Waals surface area (Å²) in [5.74, 6) is 0.928. The van der Waals surface area contributed by atoms with Gasteiger partial charge in [0.05, 0.1) is 5.69 Å². The van der Waals surface area contributed by atoms with Gasteiger partial charge in [-0.15, -0.1) is 5.10 Å². The molecule has 2 aromatic rings. The van der Waals surface area contributed by atoms with E-state index >= 15 is 0 Å². The van der Waals surface area contributed by atoms with Crippen LogP contribution in [0.5, 0.6) is 0 Å². The molecule has 1 aromatic carbocycles. The van der Waals surface area contributed by atoms with Crippen molar-refractivity contribution in [2.24, 2.45) is 0 Å². The van der Waals surface area contributed by atoms with Crippen molar-refractivity contribution in [1.82, 2.24) is 9.78 Å². The summed E-state index contributed by atoms with van der Waals surface area (Å²) < 4.78 is 1.32. The van der Waals surface area contributed by atoms with Gasteiger partial charge in [-0.1, -0.05) is 30.3 Å². The molecule has 0 atom stereocenters. The zero-order chi connectivity index (χ0) is 15.4. The van der Waals surface area contributed by atoms with Gasteiger partial charge in [-0.3, -0.25) is 10.8 Å². The molecule has 1 aromatic heterocycles. The Morgan fingerprint density at radius 2 is 2.00 bits per heavy atom. The fourth-order valence-corrected chi connectivity index (χ4v) is 2.05. The summed E-state index contributed by atoms with van der Waals surface area (Å²) in [5.41, 5.74) is 2.01. The maximum absolute atomic E-state index is 8.01. The topological polar surface area (TPSA) is 80.8 Å². The Bertz CT molecular complexity index is 689. The first-order valence-corrected chi connectivity index (χ1v) is 6.70. The molecule has 0 aliphatic rings. The van der Waals surface area contributed by atoms with Crippen molar-refractivity contribution >= 4 is 17.3 Å². The van der Waals surface area contributed by atoms with E-state index in [0.29, 0.717) is 18.1 Å². The second kappa shape index (κ2) is 6.21. The lowest BCUT2D eigenvalue weighted by Gasteiger charge is -2.20. The van der Waals surface area contributed by atoms with Gasteiger partial charge in [0.25, 0.3) is 0 Å². The molecule has 0 radical (unpaired) electrons. The number of nitrogens with one attached hydrogen (secondary N) is 3. The first-order valence-electron chi connectivity index (χ1n) is 6.70. The van der Waals surface area contributed by atoms with Crippen molar-refractivity contribution in [3.05, 3.63) is 47.4 Å². The fourth-order valence-electron chi connectivity index (χ4n) is 2.05. The zero-order valence-corrected chi connectivity index (χ0v) is 12.5. The van der Waals surface area contributed by atoms with Crippen molar-refractivity contribution in [3.63, 3.8) is 0 Å². The van der Waals surface area contributed by atoms with Crippen LogP contribution in [0.1, 0.15) is 12.5 Å². The average molecular weight is 284 g/mol. The summed E-state index contributed by atoms with van der Waals surface area (Å²) in [6.45, 7) is 2.33. The van der Waals surface area contributed by atoms with E-state index in [1.165, 1.54) is 10.2 Å². The minimum absolute atomic E-state index is 0.182. The first kappa shape index (κ1) is 14.8. The summed E-state index contributed by atoms with van der Waals surface area (Å²) in [5, 5.41) is 23.1. The number of hydrogen-bond donors (Lipinski definition) is 3. The predicted octanol–water partition coefficient (Wildman–Crippen LogP) is 1.89. The van der Waals surface area contributed by atoms with Crippen molar-refractivity contribution < 1.29 is 0 Å². The molecule has 0 aliphatic carbocycles. The number of benzene rings is 1. The van der Waals surface area contributed by atoms with Gasteiger partial charge in [-0.2, -0.15) is 4.68 Å². The second-order valence-electron chi connectivity index (χ2n) is 4.85. The van der Waals surface area contributed by atoms with Crippen LogP contribution in [0, 0.1) is 10.8 Å². The van der Waals surface area contributed by atoms with Crippen LogP contribution >= 0.6 is 0 Å². The Balaban J connectivity index is 2.37. The monoisotopic (exact) mass is 284 g/mol. The standard InChI is InChI=1S/C15H20N6/c1-11(16)21-15(17)13(18-2)9-14(19-21)20(3)10-12-7-5-4-6-8-12/h4-9,16-18H,10H2,1-3H3. The van der Waals surface area contributed by atoms with Crippen LogP contribution < -0.4 is 15.7 Å². The normalized spacial score (nSPS) is 10.2. The highest BCUT2D eigenvalue weighted by Gasteiger charge is 2.10. The quantitative estimate of drug-likeness (QED) is 0.592. The lowest BCUT2D eigenvalue weighted by Crippen LogP contribution is -2.32. The molecule has 1 heterocycles. The molecule has 0 unspecified atom stereocenters. The minimum atomic E-state index is 0.182. The molecule has 110 valence electrons. The van der Waals surface area contributed by atoms with E-state index in [4.69, 9.17) is 10.8 Å². The Hall–Kier alpha value is -2.63. The van der Waals surface area contributed by atoms with Gasteiger partial charge >= 0.3 is 0 Å². The molecular formula is C15H20N6. The van der Waals surface area contributed by atoms with Gasteiger partial charge in [0.2, 0.25) is 0 Å². The lowest BCUT2D eigenvalue weighted by molar-refractivity contribution is 0.775. The Kier molecular flexibility index (Phi) is 4.37. The summed E-state index contributed by atoms with van der Waals surface area (Å²) in [6.07, 6.45) is 0. The second-order valence-corrected chi connectivity index (χ2v) is 4.85. The van der Waals surface area contributed by atoms with E-state index in [0.717, 1.165) is 0 Å². The van der Waals surface area contributed by atoms with Gasteiger partial charge in [0.1, 0.15) is 5.84 Å². The smallest absolute Gasteiger partial charge is 0.171 e.